The molecule has 1 aromatic heterocycles. The van der Waals surface area contributed by atoms with Gasteiger partial charge in [-0.25, -0.2) is 4.98 Å². The minimum absolute atomic E-state index is 0.108. The van der Waals surface area contributed by atoms with Crippen molar-refractivity contribution in [3.63, 3.8) is 0 Å². The number of nitrogens with zero attached hydrogens (tertiary/aromatic N) is 3. The summed E-state index contributed by atoms with van der Waals surface area (Å²) >= 11 is 0. The molecule has 1 aromatic carbocycles. The van der Waals surface area contributed by atoms with Crippen molar-refractivity contribution < 1.29 is 9.90 Å². The standard InChI is InChI=1S/C19H28N4O2/c1-12-6-17-18(7-13(12)2)23(11-21-17)10-16(24)9-22-8-15(19(20)25)5-4-14(22)3/h6-7,11,14-16,24H,4-5,8-10H2,1-3H3,(H2,20,25). The monoisotopic (exact) mass is 344 g/mol. The van der Waals surface area contributed by atoms with Crippen LogP contribution in [0.2, 0.25) is 0 Å². The Morgan fingerprint density at radius 1 is 1.32 bits per heavy atom. The predicted octanol–water partition coefficient (Wildman–Crippen LogP) is 1.60. The van der Waals surface area contributed by atoms with E-state index in [1.165, 1.54) is 11.1 Å². The summed E-state index contributed by atoms with van der Waals surface area (Å²) in [5.74, 6) is -0.346. The van der Waals surface area contributed by atoms with Gasteiger partial charge in [0.1, 0.15) is 0 Å². The first-order valence-electron chi connectivity index (χ1n) is 8.98. The summed E-state index contributed by atoms with van der Waals surface area (Å²) in [6.07, 6.45) is 3.05. The molecule has 6 nitrogen and oxygen atoms in total. The molecular formula is C19H28N4O2. The second-order valence-corrected chi connectivity index (χ2v) is 7.46. The number of nitrogens with two attached hydrogens (primary N) is 1. The van der Waals surface area contributed by atoms with Gasteiger partial charge < -0.3 is 15.4 Å². The van der Waals surface area contributed by atoms with Crippen molar-refractivity contribution in [1.82, 2.24) is 14.5 Å². The SMILES string of the molecule is Cc1cc2ncn(CC(O)CN3CC(C(N)=O)CCC3C)c2cc1C. The smallest absolute Gasteiger partial charge is 0.221 e. The molecule has 25 heavy (non-hydrogen) atoms. The fraction of sp³-hybridized carbons (Fsp3) is 0.579. The zero-order valence-corrected chi connectivity index (χ0v) is 15.3. The van der Waals surface area contributed by atoms with Gasteiger partial charge in [0.15, 0.2) is 0 Å². The number of carbonyl (C=O) groups excluding carboxylic acids is 1. The van der Waals surface area contributed by atoms with E-state index in [9.17, 15) is 9.90 Å². The van der Waals surface area contributed by atoms with E-state index in [4.69, 9.17) is 5.73 Å². The van der Waals surface area contributed by atoms with Gasteiger partial charge in [-0.1, -0.05) is 0 Å². The van der Waals surface area contributed by atoms with Gasteiger partial charge in [-0.3, -0.25) is 9.69 Å². The second-order valence-electron chi connectivity index (χ2n) is 7.46. The Morgan fingerprint density at radius 2 is 2.04 bits per heavy atom. The van der Waals surface area contributed by atoms with Crippen molar-refractivity contribution in [2.45, 2.75) is 52.3 Å². The van der Waals surface area contributed by atoms with Gasteiger partial charge in [-0.2, -0.15) is 0 Å². The topological polar surface area (TPSA) is 84.4 Å². The molecule has 1 aliphatic rings. The molecular weight excluding hydrogens is 316 g/mol. The number of aliphatic hydroxyl groups excluding tert-OH is 1. The van der Waals surface area contributed by atoms with Crippen LogP contribution in [0.15, 0.2) is 18.5 Å². The van der Waals surface area contributed by atoms with Crippen molar-refractivity contribution in [3.05, 3.63) is 29.6 Å². The summed E-state index contributed by atoms with van der Waals surface area (Å²) < 4.78 is 2.01. The van der Waals surface area contributed by atoms with Crippen LogP contribution in [0.25, 0.3) is 11.0 Å². The van der Waals surface area contributed by atoms with Gasteiger partial charge in [-0.05, 0) is 56.9 Å². The number of benzene rings is 1. The van der Waals surface area contributed by atoms with E-state index in [0.29, 0.717) is 25.7 Å². The van der Waals surface area contributed by atoms with E-state index in [1.807, 2.05) is 4.57 Å². The molecule has 2 heterocycles. The Balaban J connectivity index is 1.69. The Hall–Kier alpha value is -1.92. The number of aromatic nitrogens is 2. The Kier molecular flexibility index (Phi) is 5.11. The van der Waals surface area contributed by atoms with Crippen molar-refractivity contribution in [3.8, 4) is 0 Å². The number of amides is 1. The molecule has 2 aromatic rings. The lowest BCUT2D eigenvalue weighted by Crippen LogP contribution is -2.48. The van der Waals surface area contributed by atoms with Gasteiger partial charge in [0.25, 0.3) is 0 Å². The molecule has 3 rings (SSSR count). The molecule has 3 unspecified atom stereocenters. The summed E-state index contributed by atoms with van der Waals surface area (Å²) in [6, 6.07) is 4.56. The summed E-state index contributed by atoms with van der Waals surface area (Å²) in [7, 11) is 0. The third-order valence-electron chi connectivity index (χ3n) is 5.50. The number of carbonyl (C=O) groups is 1. The van der Waals surface area contributed by atoms with E-state index in [-0.39, 0.29) is 11.8 Å². The molecule has 0 radical (unpaired) electrons. The van der Waals surface area contributed by atoms with Crippen LogP contribution in [-0.2, 0) is 11.3 Å². The maximum atomic E-state index is 11.5. The minimum atomic E-state index is -0.520. The lowest BCUT2D eigenvalue weighted by molar-refractivity contribution is -0.124. The molecule has 3 N–H and O–H groups in total. The molecule has 0 aliphatic carbocycles. The van der Waals surface area contributed by atoms with Crippen LogP contribution in [0.4, 0.5) is 0 Å². The fourth-order valence-electron chi connectivity index (χ4n) is 3.68. The van der Waals surface area contributed by atoms with Crippen molar-refractivity contribution >= 4 is 16.9 Å². The quantitative estimate of drug-likeness (QED) is 0.863. The van der Waals surface area contributed by atoms with E-state index < -0.39 is 6.10 Å². The van der Waals surface area contributed by atoms with Crippen LogP contribution in [0.3, 0.4) is 0 Å². The molecule has 0 spiro atoms. The molecule has 1 saturated heterocycles. The number of imidazole rings is 1. The molecule has 1 aliphatic heterocycles. The first-order valence-corrected chi connectivity index (χ1v) is 8.98. The second kappa shape index (κ2) is 7.14. The number of hydrogen-bond donors (Lipinski definition) is 2. The van der Waals surface area contributed by atoms with Crippen LogP contribution in [0, 0.1) is 19.8 Å². The number of primary amides is 1. The van der Waals surface area contributed by atoms with E-state index in [2.05, 4.69) is 42.8 Å². The maximum Gasteiger partial charge on any atom is 0.221 e. The first kappa shape index (κ1) is 17.9. The summed E-state index contributed by atoms with van der Waals surface area (Å²) in [5, 5.41) is 10.6. The molecule has 6 heteroatoms. The average molecular weight is 344 g/mol. The first-order chi connectivity index (χ1) is 11.8. The normalized spacial score (nSPS) is 23.0. The number of aliphatic hydroxyl groups is 1. The van der Waals surface area contributed by atoms with Crippen molar-refractivity contribution in [2.75, 3.05) is 13.1 Å². The number of fused-ring (bicyclic) bond motifs is 1. The highest BCUT2D eigenvalue weighted by Crippen LogP contribution is 2.23. The molecule has 0 saturated carbocycles. The molecule has 1 fully saturated rings. The summed E-state index contributed by atoms with van der Waals surface area (Å²) in [5.41, 5.74) is 9.90. The Labute approximate surface area is 148 Å². The average Bonchev–Trinajstić information content (AvgIpc) is 2.91. The van der Waals surface area contributed by atoms with Gasteiger partial charge in [0.05, 0.1) is 35.9 Å². The molecule has 0 bridgehead atoms. The van der Waals surface area contributed by atoms with Crippen LogP contribution >= 0.6 is 0 Å². The van der Waals surface area contributed by atoms with Gasteiger partial charge in [-0.15, -0.1) is 0 Å². The van der Waals surface area contributed by atoms with Crippen LogP contribution in [-0.4, -0.2) is 50.7 Å². The largest absolute Gasteiger partial charge is 0.390 e. The number of likely N-dealkylation sites (tertiary alicyclic amines) is 1. The summed E-state index contributed by atoms with van der Waals surface area (Å²) in [4.78, 5) is 18.1. The number of rotatable bonds is 5. The highest BCUT2D eigenvalue weighted by molar-refractivity contribution is 5.77. The number of piperidine rings is 1. The van der Waals surface area contributed by atoms with E-state index in [1.54, 1.807) is 6.33 Å². The third kappa shape index (κ3) is 3.85. The van der Waals surface area contributed by atoms with Crippen LogP contribution in [0.5, 0.6) is 0 Å². The minimum Gasteiger partial charge on any atom is -0.390 e. The molecule has 3 atom stereocenters. The lowest BCUT2D eigenvalue weighted by atomic mass is 9.92. The molecule has 136 valence electrons. The highest BCUT2D eigenvalue weighted by Gasteiger charge is 2.29. The Morgan fingerprint density at radius 3 is 2.76 bits per heavy atom. The maximum absolute atomic E-state index is 11.5. The summed E-state index contributed by atoms with van der Waals surface area (Å²) in [6.45, 7) is 7.97. The van der Waals surface area contributed by atoms with Crippen LogP contribution in [0.1, 0.15) is 30.9 Å². The number of aryl methyl sites for hydroxylation is 2. The predicted molar refractivity (Wildman–Crippen MR) is 98.2 cm³/mol. The zero-order valence-electron chi connectivity index (χ0n) is 15.3. The Bertz CT molecular complexity index is 770. The lowest BCUT2D eigenvalue weighted by Gasteiger charge is -2.37. The zero-order chi connectivity index (χ0) is 18.1. The van der Waals surface area contributed by atoms with Gasteiger partial charge in [0, 0.05) is 19.1 Å². The van der Waals surface area contributed by atoms with Gasteiger partial charge >= 0.3 is 0 Å². The van der Waals surface area contributed by atoms with Crippen molar-refractivity contribution in [1.29, 1.82) is 0 Å². The fourth-order valence-corrected chi connectivity index (χ4v) is 3.68. The molecule has 1 amide bonds. The van der Waals surface area contributed by atoms with E-state index >= 15 is 0 Å². The van der Waals surface area contributed by atoms with E-state index in [0.717, 1.165) is 23.9 Å². The number of hydrogen-bond acceptors (Lipinski definition) is 4. The van der Waals surface area contributed by atoms with Gasteiger partial charge in [0.2, 0.25) is 5.91 Å². The highest BCUT2D eigenvalue weighted by atomic mass is 16.3. The number of β-amino-alcohol motifs (C(OH)–C–C–N with tert-alkyl or cyclic N) is 1. The van der Waals surface area contributed by atoms with Crippen LogP contribution < -0.4 is 5.73 Å². The third-order valence-corrected chi connectivity index (χ3v) is 5.50. The van der Waals surface area contributed by atoms with Crippen molar-refractivity contribution in [2.24, 2.45) is 11.7 Å².